The van der Waals surface area contributed by atoms with Gasteiger partial charge in [-0.2, -0.15) is 0 Å². The van der Waals surface area contributed by atoms with Crippen molar-refractivity contribution in [1.29, 1.82) is 0 Å². The Kier molecular flexibility index (Phi) is 41.3. The zero-order chi connectivity index (χ0) is 3.41. The predicted molar refractivity (Wildman–Crippen MR) is 15.3 cm³/mol. The minimum Gasteiger partial charge on any atom is -1.00 e. The van der Waals surface area contributed by atoms with Gasteiger partial charge in [0.2, 0.25) is 0 Å². The molecule has 0 aliphatic rings. The maximum atomic E-state index is 7.62. The summed E-state index contributed by atoms with van der Waals surface area (Å²) in [5.74, 6) is 0. The Labute approximate surface area is 79.8 Å². The third kappa shape index (κ3) is 17.0. The molecule has 2 nitrogen and oxygen atoms in total. The quantitative estimate of drug-likeness (QED) is 0.402. The molecule has 0 aliphatic carbocycles. The van der Waals surface area contributed by atoms with Gasteiger partial charge in [0, 0.05) is 26.2 Å². The summed E-state index contributed by atoms with van der Waals surface area (Å²) >= 11 is 0. The van der Waals surface area contributed by atoms with Crippen LogP contribution in [0.25, 0.3) is 0 Å². The van der Waals surface area contributed by atoms with Gasteiger partial charge in [0.15, 0.2) is 0 Å². The number of aliphatic hydroxyl groups excluding tert-OH is 2. The van der Waals surface area contributed by atoms with Crippen LogP contribution in [-0.2, 0) is 26.2 Å². The molecule has 2 N–H and O–H groups in total. The standard InChI is InChI=1S/C2H6O2.Na.Zr.H/c3-1-2-4;;;/h3-4H,1-2H2;;;/q;+1;;-1. The van der Waals surface area contributed by atoms with Gasteiger partial charge in [-0.05, 0) is 0 Å². The van der Waals surface area contributed by atoms with E-state index in [0.29, 0.717) is 0 Å². The Bertz CT molecular complexity index is 17.7. The van der Waals surface area contributed by atoms with Crippen molar-refractivity contribution in [3.8, 4) is 0 Å². The van der Waals surface area contributed by atoms with Crippen LogP contribution in [0.1, 0.15) is 1.43 Å². The largest absolute Gasteiger partial charge is 1.00 e. The van der Waals surface area contributed by atoms with E-state index < -0.39 is 0 Å². The summed E-state index contributed by atoms with van der Waals surface area (Å²) in [5, 5.41) is 15.2. The van der Waals surface area contributed by atoms with Crippen LogP contribution in [0.2, 0.25) is 0 Å². The molecule has 0 unspecified atom stereocenters. The van der Waals surface area contributed by atoms with Gasteiger partial charge in [-0.3, -0.25) is 0 Å². The molecule has 0 atom stereocenters. The van der Waals surface area contributed by atoms with Crippen molar-refractivity contribution in [2.45, 2.75) is 0 Å². The first-order valence-corrected chi connectivity index (χ1v) is 1.13. The third-order valence-corrected chi connectivity index (χ3v) is 0.1000. The third-order valence-electron chi connectivity index (χ3n) is 0.1000. The SMILES string of the molecule is OCCO.[H-].[Na+].[Zr]. The van der Waals surface area contributed by atoms with E-state index in [1.54, 1.807) is 0 Å². The van der Waals surface area contributed by atoms with Gasteiger partial charge in [-0.15, -0.1) is 0 Å². The molecule has 4 heteroatoms. The van der Waals surface area contributed by atoms with E-state index in [1.807, 2.05) is 0 Å². The zero-order valence-corrected chi connectivity index (χ0v) is 8.27. The maximum Gasteiger partial charge on any atom is 1.00 e. The second-order valence-electron chi connectivity index (χ2n) is 0.447. The summed E-state index contributed by atoms with van der Waals surface area (Å²) in [6.45, 7) is -0.250. The van der Waals surface area contributed by atoms with E-state index in [-0.39, 0.29) is 70.4 Å². The topological polar surface area (TPSA) is 40.5 Å². The van der Waals surface area contributed by atoms with Gasteiger partial charge in [0.05, 0.1) is 13.2 Å². The van der Waals surface area contributed by atoms with Crippen molar-refractivity contribution >= 4 is 0 Å². The van der Waals surface area contributed by atoms with Crippen LogP contribution in [-0.4, -0.2) is 23.4 Å². The molecular weight excluding hydrogens is 170 g/mol. The van der Waals surface area contributed by atoms with E-state index in [0.717, 1.165) is 0 Å². The van der Waals surface area contributed by atoms with Crippen molar-refractivity contribution < 1.29 is 67.4 Å². The van der Waals surface area contributed by atoms with E-state index in [4.69, 9.17) is 10.2 Å². The van der Waals surface area contributed by atoms with Gasteiger partial charge in [0.1, 0.15) is 0 Å². The smallest absolute Gasteiger partial charge is 1.00 e. The van der Waals surface area contributed by atoms with Gasteiger partial charge >= 0.3 is 29.6 Å². The van der Waals surface area contributed by atoms with Crippen LogP contribution in [0.5, 0.6) is 0 Å². The summed E-state index contributed by atoms with van der Waals surface area (Å²) in [6, 6.07) is 0. The fourth-order valence-electron chi connectivity index (χ4n) is 0. The van der Waals surface area contributed by atoms with Gasteiger partial charge in [-0.1, -0.05) is 0 Å². The van der Waals surface area contributed by atoms with Crippen LogP contribution < -0.4 is 29.6 Å². The van der Waals surface area contributed by atoms with Crippen molar-refractivity contribution in [2.75, 3.05) is 13.2 Å². The fraction of sp³-hybridized carbons (Fsp3) is 1.00. The van der Waals surface area contributed by atoms with Crippen molar-refractivity contribution in [3.63, 3.8) is 0 Å². The van der Waals surface area contributed by atoms with E-state index in [1.165, 1.54) is 0 Å². The molecule has 0 bridgehead atoms. The molecule has 0 aromatic carbocycles. The summed E-state index contributed by atoms with van der Waals surface area (Å²) in [4.78, 5) is 0. The maximum absolute atomic E-state index is 7.62. The Morgan fingerprint density at radius 1 is 1.17 bits per heavy atom. The molecule has 0 heterocycles. The van der Waals surface area contributed by atoms with Crippen LogP contribution in [0.4, 0.5) is 0 Å². The first-order valence-electron chi connectivity index (χ1n) is 1.13. The molecule has 32 valence electrons. The van der Waals surface area contributed by atoms with Crippen LogP contribution >= 0.6 is 0 Å². The van der Waals surface area contributed by atoms with Gasteiger partial charge in [-0.25, -0.2) is 0 Å². The van der Waals surface area contributed by atoms with Crippen LogP contribution in [0, 0.1) is 0 Å². The average molecular weight is 177 g/mol. The average Bonchev–Trinajstić information content (AvgIpc) is 1.37. The second-order valence-corrected chi connectivity index (χ2v) is 0.447. The molecule has 0 spiro atoms. The summed E-state index contributed by atoms with van der Waals surface area (Å²) in [5.41, 5.74) is 0. The zero-order valence-electron chi connectivity index (χ0n) is 4.81. The molecule has 0 saturated carbocycles. The minimum atomic E-state index is -0.125. The number of hydrogen-bond acceptors (Lipinski definition) is 2. The molecule has 0 aliphatic heterocycles. The van der Waals surface area contributed by atoms with Crippen molar-refractivity contribution in [3.05, 3.63) is 0 Å². The number of rotatable bonds is 1. The normalized spacial score (nSPS) is 5.00. The van der Waals surface area contributed by atoms with Gasteiger partial charge < -0.3 is 11.6 Å². The molecule has 0 radical (unpaired) electrons. The molecule has 0 aromatic heterocycles. The predicted octanol–water partition coefficient (Wildman–Crippen LogP) is -3.91. The van der Waals surface area contributed by atoms with E-state index in [9.17, 15) is 0 Å². The molecule has 0 rings (SSSR count). The summed E-state index contributed by atoms with van der Waals surface area (Å²) in [6.07, 6.45) is 0. The fourth-order valence-corrected chi connectivity index (χ4v) is 0. The molecular formula is C2H7NaO2Zr. The van der Waals surface area contributed by atoms with Gasteiger partial charge in [0.25, 0.3) is 0 Å². The van der Waals surface area contributed by atoms with Crippen molar-refractivity contribution in [2.24, 2.45) is 0 Å². The van der Waals surface area contributed by atoms with Crippen LogP contribution in [0.15, 0.2) is 0 Å². The Balaban J connectivity index is -0.0000000150. The molecule has 0 aromatic rings. The molecule has 0 saturated heterocycles. The Morgan fingerprint density at radius 2 is 1.33 bits per heavy atom. The summed E-state index contributed by atoms with van der Waals surface area (Å²) in [7, 11) is 0. The van der Waals surface area contributed by atoms with Crippen molar-refractivity contribution in [1.82, 2.24) is 0 Å². The van der Waals surface area contributed by atoms with E-state index >= 15 is 0 Å². The number of aliphatic hydroxyl groups is 2. The number of hydrogen-bond donors (Lipinski definition) is 2. The second kappa shape index (κ2) is 15.8. The first-order chi connectivity index (χ1) is 1.91. The minimum absolute atomic E-state index is 0. The Hall–Kier alpha value is 1.80. The first kappa shape index (κ1) is 15.7. The Morgan fingerprint density at radius 3 is 1.33 bits per heavy atom. The monoisotopic (exact) mass is 176 g/mol. The van der Waals surface area contributed by atoms with Crippen LogP contribution in [0.3, 0.4) is 0 Å². The molecule has 6 heavy (non-hydrogen) atoms. The molecule has 0 amide bonds. The summed E-state index contributed by atoms with van der Waals surface area (Å²) < 4.78 is 0. The molecule has 0 fully saturated rings. The van der Waals surface area contributed by atoms with E-state index in [2.05, 4.69) is 0 Å².